The number of aromatic nitrogens is 4. The molecular formula is C14H16N6O4. The molecule has 0 radical (unpaired) electrons. The number of carbonyl (C=O) groups is 1. The molecule has 1 aromatic carbocycles. The number of urea groups is 1. The SMILES string of the molecule is Cn1nnc(C2CN(C(=O)Nc3ccc4c(c3)OCO4)CCO2)n1. The van der Waals surface area contributed by atoms with Gasteiger partial charge in [-0.2, -0.15) is 4.80 Å². The maximum Gasteiger partial charge on any atom is 0.322 e. The van der Waals surface area contributed by atoms with Gasteiger partial charge >= 0.3 is 6.03 Å². The van der Waals surface area contributed by atoms with Crippen molar-refractivity contribution < 1.29 is 19.0 Å². The molecule has 0 saturated carbocycles. The van der Waals surface area contributed by atoms with Crippen LogP contribution < -0.4 is 14.8 Å². The molecule has 1 aromatic heterocycles. The zero-order valence-electron chi connectivity index (χ0n) is 13.0. The van der Waals surface area contributed by atoms with Crippen molar-refractivity contribution in [1.29, 1.82) is 0 Å². The zero-order valence-corrected chi connectivity index (χ0v) is 13.0. The quantitative estimate of drug-likeness (QED) is 0.856. The number of ether oxygens (including phenoxy) is 3. The van der Waals surface area contributed by atoms with E-state index in [-0.39, 0.29) is 18.9 Å². The number of tetrazole rings is 1. The maximum absolute atomic E-state index is 12.5. The molecule has 1 atom stereocenters. The fraction of sp³-hybridized carbons (Fsp3) is 0.429. The minimum absolute atomic E-state index is 0.197. The molecular weight excluding hydrogens is 316 g/mol. The fourth-order valence-electron chi connectivity index (χ4n) is 2.59. The van der Waals surface area contributed by atoms with Gasteiger partial charge in [0.15, 0.2) is 11.5 Å². The molecule has 2 aliphatic rings. The van der Waals surface area contributed by atoms with Crippen LogP contribution >= 0.6 is 0 Å². The van der Waals surface area contributed by atoms with Crippen molar-refractivity contribution in [3.05, 3.63) is 24.0 Å². The molecule has 126 valence electrons. The lowest BCUT2D eigenvalue weighted by Crippen LogP contribution is -2.44. The first-order valence-corrected chi connectivity index (χ1v) is 7.50. The summed E-state index contributed by atoms with van der Waals surface area (Å²) in [5.74, 6) is 1.77. The van der Waals surface area contributed by atoms with E-state index in [0.29, 0.717) is 42.7 Å². The Hall–Kier alpha value is -2.88. The Kier molecular flexibility index (Phi) is 3.65. The highest BCUT2D eigenvalue weighted by Gasteiger charge is 2.28. The number of nitrogens with zero attached hydrogens (tertiary/aromatic N) is 5. The Morgan fingerprint density at radius 1 is 1.33 bits per heavy atom. The third-order valence-corrected chi connectivity index (χ3v) is 3.79. The summed E-state index contributed by atoms with van der Waals surface area (Å²) in [6, 6.07) is 5.06. The lowest BCUT2D eigenvalue weighted by molar-refractivity contribution is -0.0182. The number of rotatable bonds is 2. The van der Waals surface area contributed by atoms with E-state index >= 15 is 0 Å². The lowest BCUT2D eigenvalue weighted by Gasteiger charge is -2.31. The predicted molar refractivity (Wildman–Crippen MR) is 80.6 cm³/mol. The van der Waals surface area contributed by atoms with Crippen LogP contribution in [0.3, 0.4) is 0 Å². The molecule has 0 bridgehead atoms. The van der Waals surface area contributed by atoms with Crippen LogP contribution in [0.15, 0.2) is 18.2 Å². The number of aryl methyl sites for hydroxylation is 1. The van der Waals surface area contributed by atoms with Crippen LogP contribution in [0.4, 0.5) is 10.5 Å². The summed E-state index contributed by atoms with van der Waals surface area (Å²) in [5.41, 5.74) is 0.643. The number of hydrogen-bond acceptors (Lipinski definition) is 7. The molecule has 2 aromatic rings. The van der Waals surface area contributed by atoms with Crippen molar-refractivity contribution in [3.63, 3.8) is 0 Å². The lowest BCUT2D eigenvalue weighted by atomic mass is 10.2. The predicted octanol–water partition coefficient (Wildman–Crippen LogP) is 0.544. The van der Waals surface area contributed by atoms with E-state index in [1.807, 2.05) is 0 Å². The van der Waals surface area contributed by atoms with Gasteiger partial charge in [0, 0.05) is 18.3 Å². The van der Waals surface area contributed by atoms with Crippen molar-refractivity contribution in [1.82, 2.24) is 25.1 Å². The number of amides is 2. The molecule has 1 unspecified atom stereocenters. The molecule has 0 aliphatic carbocycles. The van der Waals surface area contributed by atoms with Crippen LogP contribution in [0.1, 0.15) is 11.9 Å². The monoisotopic (exact) mass is 332 g/mol. The first kappa shape index (κ1) is 14.7. The molecule has 0 spiro atoms. The van der Waals surface area contributed by atoms with Gasteiger partial charge in [0.25, 0.3) is 0 Å². The highest BCUT2D eigenvalue weighted by atomic mass is 16.7. The first-order chi connectivity index (χ1) is 11.7. The van der Waals surface area contributed by atoms with Crippen LogP contribution in [-0.4, -0.2) is 57.6 Å². The molecule has 10 heteroatoms. The molecule has 3 heterocycles. The van der Waals surface area contributed by atoms with E-state index in [0.717, 1.165) is 0 Å². The number of fused-ring (bicyclic) bond motifs is 1. The first-order valence-electron chi connectivity index (χ1n) is 7.50. The summed E-state index contributed by atoms with van der Waals surface area (Å²) < 4.78 is 16.2. The Balaban J connectivity index is 1.42. The minimum Gasteiger partial charge on any atom is -0.454 e. The van der Waals surface area contributed by atoms with Gasteiger partial charge in [0.2, 0.25) is 12.6 Å². The smallest absolute Gasteiger partial charge is 0.322 e. The van der Waals surface area contributed by atoms with Gasteiger partial charge in [-0.05, 0) is 17.3 Å². The van der Waals surface area contributed by atoms with E-state index < -0.39 is 0 Å². The largest absolute Gasteiger partial charge is 0.454 e. The topological polar surface area (TPSA) is 104 Å². The highest BCUT2D eigenvalue weighted by Crippen LogP contribution is 2.34. The molecule has 4 rings (SSSR count). The molecule has 2 amide bonds. The number of benzene rings is 1. The van der Waals surface area contributed by atoms with Gasteiger partial charge in [-0.15, -0.1) is 10.2 Å². The second-order valence-electron chi connectivity index (χ2n) is 5.44. The van der Waals surface area contributed by atoms with E-state index in [4.69, 9.17) is 14.2 Å². The maximum atomic E-state index is 12.5. The summed E-state index contributed by atoms with van der Waals surface area (Å²) in [7, 11) is 1.68. The molecule has 1 N–H and O–H groups in total. The van der Waals surface area contributed by atoms with E-state index in [1.165, 1.54) is 4.80 Å². The second-order valence-corrected chi connectivity index (χ2v) is 5.44. The number of carbonyl (C=O) groups excluding carboxylic acids is 1. The van der Waals surface area contributed by atoms with Crippen molar-refractivity contribution in [2.24, 2.45) is 7.05 Å². The van der Waals surface area contributed by atoms with Crippen LogP contribution in [-0.2, 0) is 11.8 Å². The minimum atomic E-state index is -0.380. The van der Waals surface area contributed by atoms with Gasteiger partial charge < -0.3 is 24.4 Å². The molecule has 24 heavy (non-hydrogen) atoms. The Bertz CT molecular complexity index is 763. The van der Waals surface area contributed by atoms with Crippen LogP contribution in [0.2, 0.25) is 0 Å². The van der Waals surface area contributed by atoms with Crippen molar-refractivity contribution >= 4 is 11.7 Å². The fourth-order valence-corrected chi connectivity index (χ4v) is 2.59. The Labute approximate surface area is 137 Å². The van der Waals surface area contributed by atoms with Gasteiger partial charge in [-0.25, -0.2) is 4.79 Å². The van der Waals surface area contributed by atoms with Crippen LogP contribution in [0.25, 0.3) is 0 Å². The number of anilines is 1. The van der Waals surface area contributed by atoms with Gasteiger partial charge in [0.05, 0.1) is 20.2 Å². The second kappa shape index (κ2) is 5.96. The van der Waals surface area contributed by atoms with Crippen LogP contribution in [0.5, 0.6) is 11.5 Å². The van der Waals surface area contributed by atoms with Crippen LogP contribution in [0, 0.1) is 0 Å². The number of morpholine rings is 1. The van der Waals surface area contributed by atoms with Gasteiger partial charge in [-0.1, -0.05) is 0 Å². The van der Waals surface area contributed by atoms with Gasteiger partial charge in [0.1, 0.15) is 6.10 Å². The number of hydrogen-bond donors (Lipinski definition) is 1. The Morgan fingerprint density at radius 2 is 2.21 bits per heavy atom. The van der Waals surface area contributed by atoms with Gasteiger partial charge in [-0.3, -0.25) is 0 Å². The average Bonchev–Trinajstić information content (AvgIpc) is 3.23. The standard InChI is InChI=1S/C14H16N6O4/c1-19-17-13(16-18-19)12-7-20(4-5-22-12)14(21)15-9-2-3-10-11(6-9)24-8-23-10/h2-3,6,12H,4-5,7-8H2,1H3,(H,15,21). The third-order valence-electron chi connectivity index (χ3n) is 3.79. The zero-order chi connectivity index (χ0) is 16.5. The Morgan fingerprint density at radius 3 is 3.04 bits per heavy atom. The highest BCUT2D eigenvalue weighted by molar-refractivity contribution is 5.89. The summed E-state index contributed by atoms with van der Waals surface area (Å²) in [6.07, 6.45) is -0.380. The summed E-state index contributed by atoms with van der Waals surface area (Å²) >= 11 is 0. The normalized spacial score (nSPS) is 19.4. The molecule has 1 fully saturated rings. The summed E-state index contributed by atoms with van der Waals surface area (Å²) in [6.45, 7) is 1.47. The average molecular weight is 332 g/mol. The van der Waals surface area contributed by atoms with E-state index in [9.17, 15) is 4.79 Å². The van der Waals surface area contributed by atoms with Crippen molar-refractivity contribution in [2.45, 2.75) is 6.10 Å². The third kappa shape index (κ3) is 2.83. The summed E-state index contributed by atoms with van der Waals surface area (Å²) in [4.78, 5) is 15.5. The number of nitrogens with one attached hydrogen (secondary N) is 1. The van der Waals surface area contributed by atoms with Crippen molar-refractivity contribution in [3.8, 4) is 11.5 Å². The molecule has 1 saturated heterocycles. The summed E-state index contributed by atoms with van der Waals surface area (Å²) in [5, 5.41) is 14.7. The van der Waals surface area contributed by atoms with Crippen molar-refractivity contribution in [2.75, 3.05) is 31.8 Å². The van der Waals surface area contributed by atoms with E-state index in [1.54, 1.807) is 30.1 Å². The molecule has 10 nitrogen and oxygen atoms in total. The van der Waals surface area contributed by atoms with E-state index in [2.05, 4.69) is 20.7 Å². The molecule has 2 aliphatic heterocycles.